The summed E-state index contributed by atoms with van der Waals surface area (Å²) in [7, 11) is 0. The van der Waals surface area contributed by atoms with Crippen LogP contribution in [0.5, 0.6) is 0 Å². The summed E-state index contributed by atoms with van der Waals surface area (Å²) in [5, 5.41) is 8.20. The summed E-state index contributed by atoms with van der Waals surface area (Å²) >= 11 is 0. The summed E-state index contributed by atoms with van der Waals surface area (Å²) in [5.41, 5.74) is 2.22. The maximum Gasteiger partial charge on any atom is 0.256 e. The molecule has 1 saturated carbocycles. The number of hydrogen-bond donors (Lipinski definition) is 0. The van der Waals surface area contributed by atoms with Crippen molar-refractivity contribution in [3.63, 3.8) is 0 Å². The minimum Gasteiger partial charge on any atom is -0.379 e. The Morgan fingerprint density at radius 1 is 1.22 bits per heavy atom. The Morgan fingerprint density at radius 3 is 2.83 bits per heavy atom. The molecule has 0 bridgehead atoms. The minimum atomic E-state index is -0.0796. The smallest absolute Gasteiger partial charge is 0.256 e. The molecule has 1 aromatic carbocycles. The minimum absolute atomic E-state index is 0.0417. The molecule has 1 aliphatic carbocycles. The molecular formula is C18H19N3O2. The third-order valence-corrected chi connectivity index (χ3v) is 4.66. The summed E-state index contributed by atoms with van der Waals surface area (Å²) < 4.78 is 5.66. The maximum atomic E-state index is 13.0. The fourth-order valence-electron chi connectivity index (χ4n) is 3.17. The maximum absolute atomic E-state index is 13.0. The van der Waals surface area contributed by atoms with Gasteiger partial charge in [-0.05, 0) is 25.3 Å². The van der Waals surface area contributed by atoms with Crippen LogP contribution >= 0.6 is 0 Å². The Morgan fingerprint density at radius 2 is 2.04 bits per heavy atom. The first-order chi connectivity index (χ1) is 11.3. The number of benzene rings is 1. The zero-order valence-corrected chi connectivity index (χ0v) is 12.9. The van der Waals surface area contributed by atoms with Crippen LogP contribution in [-0.2, 0) is 4.74 Å². The van der Waals surface area contributed by atoms with Crippen LogP contribution in [0.4, 0.5) is 0 Å². The van der Waals surface area contributed by atoms with E-state index in [0.717, 1.165) is 43.7 Å². The molecule has 2 aromatic rings. The van der Waals surface area contributed by atoms with Crippen molar-refractivity contribution in [2.75, 3.05) is 19.8 Å². The highest BCUT2D eigenvalue weighted by Crippen LogP contribution is 2.43. The highest BCUT2D eigenvalue weighted by Gasteiger charge is 2.51. The van der Waals surface area contributed by atoms with E-state index in [0.29, 0.717) is 12.2 Å². The number of rotatable bonds is 2. The van der Waals surface area contributed by atoms with E-state index >= 15 is 0 Å². The summed E-state index contributed by atoms with van der Waals surface area (Å²) in [6.45, 7) is 2.14. The lowest BCUT2D eigenvalue weighted by molar-refractivity contribution is 0.0550. The second-order valence-corrected chi connectivity index (χ2v) is 6.28. The van der Waals surface area contributed by atoms with Gasteiger partial charge in [-0.3, -0.25) is 4.79 Å². The SMILES string of the molecule is O=C(c1cnnc(-c2ccccc2)c1)N1CCCOCC12CC2. The summed E-state index contributed by atoms with van der Waals surface area (Å²) in [6, 6.07) is 11.7. The van der Waals surface area contributed by atoms with Crippen molar-refractivity contribution < 1.29 is 9.53 Å². The van der Waals surface area contributed by atoms with Gasteiger partial charge < -0.3 is 9.64 Å². The molecule has 0 atom stereocenters. The molecule has 1 aromatic heterocycles. The van der Waals surface area contributed by atoms with E-state index in [2.05, 4.69) is 10.2 Å². The molecular weight excluding hydrogens is 290 g/mol. The number of carbonyl (C=O) groups excluding carboxylic acids is 1. The van der Waals surface area contributed by atoms with Gasteiger partial charge in [0.1, 0.15) is 0 Å². The molecule has 23 heavy (non-hydrogen) atoms. The topological polar surface area (TPSA) is 55.3 Å². The van der Waals surface area contributed by atoms with Gasteiger partial charge in [-0.2, -0.15) is 10.2 Å². The molecule has 1 spiro atoms. The first-order valence-electron chi connectivity index (χ1n) is 8.06. The molecule has 1 aliphatic heterocycles. The molecule has 4 rings (SSSR count). The highest BCUT2D eigenvalue weighted by atomic mass is 16.5. The first kappa shape index (κ1) is 14.3. The van der Waals surface area contributed by atoms with Gasteiger partial charge in [0.2, 0.25) is 0 Å². The van der Waals surface area contributed by atoms with Crippen molar-refractivity contribution >= 4 is 5.91 Å². The van der Waals surface area contributed by atoms with Crippen LogP contribution in [0.3, 0.4) is 0 Å². The van der Waals surface area contributed by atoms with Gasteiger partial charge in [-0.1, -0.05) is 30.3 Å². The predicted octanol–water partition coefficient (Wildman–Crippen LogP) is 2.54. The Kier molecular flexibility index (Phi) is 3.58. The lowest BCUT2D eigenvalue weighted by Gasteiger charge is -2.29. The van der Waals surface area contributed by atoms with E-state index in [-0.39, 0.29) is 11.4 Å². The van der Waals surface area contributed by atoms with Crippen molar-refractivity contribution in [1.29, 1.82) is 0 Å². The van der Waals surface area contributed by atoms with Gasteiger partial charge in [0, 0.05) is 18.7 Å². The van der Waals surface area contributed by atoms with Crippen molar-refractivity contribution in [1.82, 2.24) is 15.1 Å². The number of aromatic nitrogens is 2. The predicted molar refractivity (Wildman–Crippen MR) is 85.9 cm³/mol. The quantitative estimate of drug-likeness (QED) is 0.855. The van der Waals surface area contributed by atoms with E-state index in [9.17, 15) is 4.79 Å². The number of ether oxygens (including phenoxy) is 1. The van der Waals surface area contributed by atoms with Crippen LogP contribution in [0, 0.1) is 0 Å². The molecule has 2 heterocycles. The average Bonchev–Trinajstić information content (AvgIpc) is 3.42. The van der Waals surface area contributed by atoms with Crippen molar-refractivity contribution in [2.45, 2.75) is 24.8 Å². The monoisotopic (exact) mass is 309 g/mol. The lowest BCUT2D eigenvalue weighted by atomic mass is 10.1. The third kappa shape index (κ3) is 2.72. The fourth-order valence-corrected chi connectivity index (χ4v) is 3.17. The largest absolute Gasteiger partial charge is 0.379 e. The zero-order chi connectivity index (χ0) is 15.7. The molecule has 1 saturated heterocycles. The van der Waals surface area contributed by atoms with Gasteiger partial charge in [-0.25, -0.2) is 0 Å². The van der Waals surface area contributed by atoms with Gasteiger partial charge in [0.25, 0.3) is 5.91 Å². The Balaban J connectivity index is 1.64. The molecule has 118 valence electrons. The molecule has 2 fully saturated rings. The van der Waals surface area contributed by atoms with Crippen LogP contribution in [0.2, 0.25) is 0 Å². The first-order valence-corrected chi connectivity index (χ1v) is 8.06. The molecule has 5 nitrogen and oxygen atoms in total. The Labute approximate surface area is 135 Å². The molecule has 1 amide bonds. The van der Waals surface area contributed by atoms with Crippen molar-refractivity contribution in [2.24, 2.45) is 0 Å². The summed E-state index contributed by atoms with van der Waals surface area (Å²) in [5.74, 6) is 0.0417. The summed E-state index contributed by atoms with van der Waals surface area (Å²) in [4.78, 5) is 15.0. The standard InChI is InChI=1S/C18H19N3O2/c22-17(21-9-4-10-23-13-18(21)7-8-18)15-11-16(20-19-12-15)14-5-2-1-3-6-14/h1-3,5-6,11-12H,4,7-10,13H2. The third-order valence-electron chi connectivity index (χ3n) is 4.66. The van der Waals surface area contributed by atoms with E-state index in [1.54, 1.807) is 6.20 Å². The number of nitrogens with zero attached hydrogens (tertiary/aromatic N) is 3. The molecule has 0 unspecified atom stereocenters. The normalized spacial score (nSPS) is 19.4. The second-order valence-electron chi connectivity index (χ2n) is 6.28. The number of amides is 1. The van der Waals surface area contributed by atoms with Crippen LogP contribution in [0.25, 0.3) is 11.3 Å². The zero-order valence-electron chi connectivity index (χ0n) is 12.9. The van der Waals surface area contributed by atoms with Gasteiger partial charge in [0.15, 0.2) is 0 Å². The Bertz CT molecular complexity index is 713. The van der Waals surface area contributed by atoms with Crippen LogP contribution in [0.15, 0.2) is 42.6 Å². The van der Waals surface area contributed by atoms with Gasteiger partial charge >= 0.3 is 0 Å². The van der Waals surface area contributed by atoms with Crippen molar-refractivity contribution in [3.05, 3.63) is 48.2 Å². The van der Waals surface area contributed by atoms with Gasteiger partial charge in [0.05, 0.1) is 29.6 Å². The molecule has 2 aliphatic rings. The van der Waals surface area contributed by atoms with E-state index in [1.165, 1.54) is 0 Å². The highest BCUT2D eigenvalue weighted by molar-refractivity contribution is 5.95. The lowest BCUT2D eigenvalue weighted by Crippen LogP contribution is -2.44. The van der Waals surface area contributed by atoms with E-state index in [1.807, 2.05) is 41.3 Å². The molecule has 0 radical (unpaired) electrons. The van der Waals surface area contributed by atoms with Crippen LogP contribution in [-0.4, -0.2) is 46.3 Å². The van der Waals surface area contributed by atoms with Crippen LogP contribution in [0.1, 0.15) is 29.6 Å². The Hall–Kier alpha value is -2.27. The van der Waals surface area contributed by atoms with Crippen molar-refractivity contribution in [3.8, 4) is 11.3 Å². The number of hydrogen-bond acceptors (Lipinski definition) is 4. The number of carbonyl (C=O) groups is 1. The van der Waals surface area contributed by atoms with E-state index < -0.39 is 0 Å². The second kappa shape index (κ2) is 5.74. The summed E-state index contributed by atoms with van der Waals surface area (Å²) in [6.07, 6.45) is 4.51. The average molecular weight is 309 g/mol. The fraction of sp³-hybridized carbons (Fsp3) is 0.389. The van der Waals surface area contributed by atoms with E-state index in [4.69, 9.17) is 4.74 Å². The molecule has 5 heteroatoms. The molecule has 0 N–H and O–H groups in total. The van der Waals surface area contributed by atoms with Crippen LogP contribution < -0.4 is 0 Å². The van der Waals surface area contributed by atoms with Gasteiger partial charge in [-0.15, -0.1) is 0 Å².